The van der Waals surface area contributed by atoms with Crippen LogP contribution in [-0.4, -0.2) is 59.3 Å². The largest absolute Gasteiger partial charge is 0.481 e. The van der Waals surface area contributed by atoms with Crippen molar-refractivity contribution in [3.63, 3.8) is 0 Å². The lowest BCUT2D eigenvalue weighted by molar-refractivity contribution is 0.0158. The molecule has 0 saturated carbocycles. The van der Waals surface area contributed by atoms with Crippen molar-refractivity contribution in [2.24, 2.45) is 0 Å². The van der Waals surface area contributed by atoms with Crippen molar-refractivity contribution in [1.29, 1.82) is 0 Å². The average Bonchev–Trinajstić information content (AvgIpc) is 2.47. The summed E-state index contributed by atoms with van der Waals surface area (Å²) in [6.45, 7) is 13.5. The molecule has 1 aliphatic rings. The molecule has 1 atom stereocenters. The Kier molecular flexibility index (Phi) is 5.20. The number of ether oxygens (including phenoxy) is 2. The number of hydrogen-bond donors (Lipinski definition) is 0. The van der Waals surface area contributed by atoms with E-state index in [-0.39, 0.29) is 12.1 Å². The van der Waals surface area contributed by atoms with Gasteiger partial charge in [0.25, 0.3) is 0 Å². The van der Waals surface area contributed by atoms with Crippen LogP contribution in [0.25, 0.3) is 0 Å². The van der Waals surface area contributed by atoms with Crippen molar-refractivity contribution >= 4 is 11.9 Å². The Morgan fingerprint density at radius 3 is 2.42 bits per heavy atom. The van der Waals surface area contributed by atoms with Crippen LogP contribution in [0.1, 0.15) is 39.1 Å². The van der Waals surface area contributed by atoms with Crippen LogP contribution in [0.3, 0.4) is 0 Å². The first kappa shape index (κ1) is 18.3. The number of rotatable bonds is 2. The molecule has 0 aliphatic carbocycles. The number of piperazine rings is 1. The van der Waals surface area contributed by atoms with E-state index >= 15 is 0 Å². The molecule has 24 heavy (non-hydrogen) atoms. The molecule has 1 saturated heterocycles. The second-order valence-corrected chi connectivity index (χ2v) is 7.20. The summed E-state index contributed by atoms with van der Waals surface area (Å²) in [4.78, 5) is 25.2. The monoisotopic (exact) mass is 336 g/mol. The summed E-state index contributed by atoms with van der Waals surface area (Å²) >= 11 is 0. The van der Waals surface area contributed by atoms with E-state index in [9.17, 15) is 4.79 Å². The fraction of sp³-hybridized carbons (Fsp3) is 0.706. The van der Waals surface area contributed by atoms with Crippen molar-refractivity contribution in [2.75, 3.05) is 31.6 Å². The third kappa shape index (κ3) is 4.07. The maximum atomic E-state index is 12.3. The highest BCUT2D eigenvalue weighted by molar-refractivity contribution is 5.69. The first-order valence-corrected chi connectivity index (χ1v) is 8.26. The van der Waals surface area contributed by atoms with Crippen molar-refractivity contribution in [2.45, 2.75) is 53.2 Å². The molecular weight excluding hydrogens is 308 g/mol. The second kappa shape index (κ2) is 6.83. The Balaban J connectivity index is 2.14. The molecule has 1 amide bonds. The minimum Gasteiger partial charge on any atom is -0.481 e. The Bertz CT molecular complexity index is 613. The number of amides is 1. The van der Waals surface area contributed by atoms with Crippen LogP contribution in [0.2, 0.25) is 0 Å². The fourth-order valence-corrected chi connectivity index (χ4v) is 2.84. The van der Waals surface area contributed by atoms with Gasteiger partial charge in [0.1, 0.15) is 17.2 Å². The van der Waals surface area contributed by atoms with Crippen LogP contribution in [0.15, 0.2) is 0 Å². The summed E-state index contributed by atoms with van der Waals surface area (Å²) in [6, 6.07) is 0.0364. The Morgan fingerprint density at radius 1 is 1.21 bits per heavy atom. The topological polar surface area (TPSA) is 67.8 Å². The summed E-state index contributed by atoms with van der Waals surface area (Å²) in [7, 11) is 1.61. The zero-order chi connectivity index (χ0) is 18.1. The molecule has 2 heterocycles. The number of hydrogen-bond acceptors (Lipinski definition) is 6. The summed E-state index contributed by atoms with van der Waals surface area (Å²) in [5.41, 5.74) is 0.433. The van der Waals surface area contributed by atoms with Crippen LogP contribution < -0.4 is 9.64 Å². The van der Waals surface area contributed by atoms with Crippen molar-refractivity contribution < 1.29 is 14.3 Å². The van der Waals surface area contributed by atoms with E-state index in [0.717, 1.165) is 11.4 Å². The third-order valence-corrected chi connectivity index (χ3v) is 3.94. The van der Waals surface area contributed by atoms with E-state index in [0.29, 0.717) is 31.3 Å². The third-order valence-electron chi connectivity index (χ3n) is 3.94. The van der Waals surface area contributed by atoms with Crippen LogP contribution >= 0.6 is 0 Å². The van der Waals surface area contributed by atoms with E-state index in [4.69, 9.17) is 9.47 Å². The van der Waals surface area contributed by atoms with Crippen LogP contribution in [-0.2, 0) is 4.74 Å². The number of methoxy groups -OCH3 is 1. The molecule has 0 bridgehead atoms. The maximum Gasteiger partial charge on any atom is 0.410 e. The lowest BCUT2D eigenvalue weighted by Crippen LogP contribution is -2.55. The van der Waals surface area contributed by atoms with Gasteiger partial charge in [0.2, 0.25) is 5.88 Å². The quantitative estimate of drug-likeness (QED) is 0.827. The van der Waals surface area contributed by atoms with E-state index < -0.39 is 5.60 Å². The molecule has 0 unspecified atom stereocenters. The number of nitrogens with zero attached hydrogens (tertiary/aromatic N) is 4. The normalized spacial score (nSPS) is 18.5. The first-order chi connectivity index (χ1) is 11.1. The Hall–Kier alpha value is -2.05. The summed E-state index contributed by atoms with van der Waals surface area (Å²) < 4.78 is 10.8. The lowest BCUT2D eigenvalue weighted by Gasteiger charge is -2.41. The molecule has 7 heteroatoms. The van der Waals surface area contributed by atoms with Gasteiger partial charge in [-0.3, -0.25) is 0 Å². The SMILES string of the molecule is COc1nc(C)nc(N2CCN(C(=O)OC(C)(C)C)[C@H](C)C2)c1C. The van der Waals surface area contributed by atoms with E-state index in [2.05, 4.69) is 14.9 Å². The Morgan fingerprint density at radius 2 is 1.88 bits per heavy atom. The molecule has 2 rings (SSSR count). The number of aromatic nitrogens is 2. The van der Waals surface area contributed by atoms with E-state index in [1.54, 1.807) is 12.0 Å². The summed E-state index contributed by atoms with van der Waals surface area (Å²) in [6.07, 6.45) is -0.261. The fourth-order valence-electron chi connectivity index (χ4n) is 2.84. The minimum absolute atomic E-state index is 0.0364. The van der Waals surface area contributed by atoms with Gasteiger partial charge in [-0.15, -0.1) is 0 Å². The van der Waals surface area contributed by atoms with Gasteiger partial charge in [0.05, 0.1) is 12.7 Å². The van der Waals surface area contributed by atoms with Crippen molar-refractivity contribution in [3.8, 4) is 5.88 Å². The predicted molar refractivity (Wildman–Crippen MR) is 92.7 cm³/mol. The van der Waals surface area contributed by atoms with Crippen molar-refractivity contribution in [1.82, 2.24) is 14.9 Å². The summed E-state index contributed by atoms with van der Waals surface area (Å²) in [5.74, 6) is 2.14. The lowest BCUT2D eigenvalue weighted by atomic mass is 10.1. The molecule has 0 spiro atoms. The predicted octanol–water partition coefficient (Wildman–Crippen LogP) is 2.55. The molecule has 1 fully saturated rings. The molecule has 1 aromatic heterocycles. The first-order valence-electron chi connectivity index (χ1n) is 8.26. The van der Waals surface area contributed by atoms with E-state index in [1.807, 2.05) is 41.5 Å². The van der Waals surface area contributed by atoms with Gasteiger partial charge in [-0.2, -0.15) is 4.98 Å². The van der Waals surface area contributed by atoms with E-state index in [1.165, 1.54) is 0 Å². The highest BCUT2D eigenvalue weighted by atomic mass is 16.6. The molecule has 134 valence electrons. The van der Waals surface area contributed by atoms with Crippen LogP contribution in [0.4, 0.5) is 10.6 Å². The van der Waals surface area contributed by atoms with Gasteiger partial charge in [-0.1, -0.05) is 0 Å². The van der Waals surface area contributed by atoms with Gasteiger partial charge in [0.15, 0.2) is 0 Å². The Labute approximate surface area is 144 Å². The molecule has 7 nitrogen and oxygen atoms in total. The number of anilines is 1. The molecule has 1 aliphatic heterocycles. The van der Waals surface area contributed by atoms with Gasteiger partial charge in [-0.25, -0.2) is 9.78 Å². The van der Waals surface area contributed by atoms with Gasteiger partial charge < -0.3 is 19.3 Å². The number of carbonyl (C=O) groups is 1. The zero-order valence-electron chi connectivity index (χ0n) is 15.7. The molecular formula is C17H28N4O3. The molecule has 0 aromatic carbocycles. The van der Waals surface area contributed by atoms with Crippen molar-refractivity contribution in [3.05, 3.63) is 11.4 Å². The second-order valence-electron chi connectivity index (χ2n) is 7.20. The smallest absolute Gasteiger partial charge is 0.410 e. The molecule has 1 aromatic rings. The maximum absolute atomic E-state index is 12.3. The number of carbonyl (C=O) groups excluding carboxylic acids is 1. The van der Waals surface area contributed by atoms with Gasteiger partial charge in [0, 0.05) is 25.7 Å². The van der Waals surface area contributed by atoms with Gasteiger partial charge >= 0.3 is 6.09 Å². The van der Waals surface area contributed by atoms with Crippen LogP contribution in [0, 0.1) is 13.8 Å². The van der Waals surface area contributed by atoms with Gasteiger partial charge in [-0.05, 0) is 41.5 Å². The molecule has 0 N–H and O–H groups in total. The zero-order valence-corrected chi connectivity index (χ0v) is 15.7. The highest BCUT2D eigenvalue weighted by Gasteiger charge is 2.32. The van der Waals surface area contributed by atoms with Crippen LogP contribution in [0.5, 0.6) is 5.88 Å². The number of aryl methyl sites for hydroxylation is 1. The summed E-state index contributed by atoms with van der Waals surface area (Å²) in [5, 5.41) is 0. The highest BCUT2D eigenvalue weighted by Crippen LogP contribution is 2.27. The average molecular weight is 336 g/mol. The molecule has 0 radical (unpaired) electrons. The standard InChI is InChI=1S/C17H28N4O3/c1-11-10-20(8-9-21(11)16(22)24-17(4,5)6)14-12(2)15(23-7)19-13(3)18-14/h11H,8-10H2,1-7H3/t11-/m1/s1. The minimum atomic E-state index is -0.484.